The molecular formula is C19H19BrN4O2. The standard InChI is InChI=1S/C19H19BrN4O2/c1-12-15(20)4-3-5-16(12)24-19-18-14(6-7-22-19)8-13(10-23-18)9-21-11-17(25)26-2/h3-8,10,21H,9,11H2,1-2H3,(H,22,24). The number of hydrogen-bond acceptors (Lipinski definition) is 6. The molecule has 0 fully saturated rings. The quantitative estimate of drug-likeness (QED) is 0.598. The largest absolute Gasteiger partial charge is 0.468 e. The zero-order valence-electron chi connectivity index (χ0n) is 14.5. The topological polar surface area (TPSA) is 76.1 Å². The molecule has 0 bridgehead atoms. The lowest BCUT2D eigenvalue weighted by Gasteiger charge is -2.12. The van der Waals surface area contributed by atoms with Crippen LogP contribution in [0.5, 0.6) is 0 Å². The van der Waals surface area contributed by atoms with Crippen LogP contribution in [0, 0.1) is 6.92 Å². The number of esters is 1. The van der Waals surface area contributed by atoms with E-state index in [4.69, 9.17) is 0 Å². The Morgan fingerprint density at radius 3 is 2.92 bits per heavy atom. The Bertz CT molecular complexity index is 946. The van der Waals surface area contributed by atoms with Gasteiger partial charge in [0.05, 0.1) is 13.7 Å². The summed E-state index contributed by atoms with van der Waals surface area (Å²) >= 11 is 3.54. The second-order valence-electron chi connectivity index (χ2n) is 5.79. The summed E-state index contributed by atoms with van der Waals surface area (Å²) in [5.74, 6) is 0.414. The first-order valence-corrected chi connectivity index (χ1v) is 8.91. The van der Waals surface area contributed by atoms with Crippen LogP contribution >= 0.6 is 15.9 Å². The highest BCUT2D eigenvalue weighted by atomic mass is 79.9. The third-order valence-corrected chi connectivity index (χ3v) is 4.86. The third kappa shape index (κ3) is 4.17. The monoisotopic (exact) mass is 414 g/mol. The molecule has 0 radical (unpaired) electrons. The molecule has 2 N–H and O–H groups in total. The summed E-state index contributed by atoms with van der Waals surface area (Å²) in [7, 11) is 1.37. The molecule has 1 aromatic carbocycles. The van der Waals surface area contributed by atoms with Crippen molar-refractivity contribution < 1.29 is 9.53 Å². The molecule has 0 saturated carbocycles. The Labute approximate surface area is 160 Å². The van der Waals surface area contributed by atoms with Crippen molar-refractivity contribution in [3.05, 3.63) is 58.3 Å². The van der Waals surface area contributed by atoms with Gasteiger partial charge in [-0.3, -0.25) is 9.78 Å². The van der Waals surface area contributed by atoms with Crippen LogP contribution in [0.15, 0.2) is 47.2 Å². The van der Waals surface area contributed by atoms with Gasteiger partial charge in [0.15, 0.2) is 5.82 Å². The molecule has 0 spiro atoms. The number of aromatic nitrogens is 2. The summed E-state index contributed by atoms with van der Waals surface area (Å²) < 4.78 is 5.65. The van der Waals surface area contributed by atoms with Crippen molar-refractivity contribution >= 4 is 44.3 Å². The molecule has 0 unspecified atom stereocenters. The maximum absolute atomic E-state index is 11.2. The van der Waals surface area contributed by atoms with Gasteiger partial charge in [0.25, 0.3) is 0 Å². The summed E-state index contributed by atoms with van der Waals surface area (Å²) in [4.78, 5) is 20.2. The first-order valence-electron chi connectivity index (χ1n) is 8.12. The number of benzene rings is 1. The zero-order valence-corrected chi connectivity index (χ0v) is 16.1. The van der Waals surface area contributed by atoms with Crippen molar-refractivity contribution in [3.63, 3.8) is 0 Å². The average Bonchev–Trinajstić information content (AvgIpc) is 2.65. The van der Waals surface area contributed by atoms with E-state index in [-0.39, 0.29) is 12.5 Å². The highest BCUT2D eigenvalue weighted by Gasteiger charge is 2.08. The van der Waals surface area contributed by atoms with Gasteiger partial charge in [-0.15, -0.1) is 0 Å². The number of nitrogens with zero attached hydrogens (tertiary/aromatic N) is 2. The number of halogens is 1. The highest BCUT2D eigenvalue weighted by molar-refractivity contribution is 9.10. The summed E-state index contributed by atoms with van der Waals surface area (Å²) in [5, 5.41) is 7.37. The lowest BCUT2D eigenvalue weighted by molar-refractivity contribution is -0.139. The Kier molecular flexibility index (Phi) is 5.80. The van der Waals surface area contributed by atoms with Gasteiger partial charge in [0.1, 0.15) is 5.52 Å². The summed E-state index contributed by atoms with van der Waals surface area (Å²) in [6.07, 6.45) is 3.54. The minimum Gasteiger partial charge on any atom is -0.468 e. The van der Waals surface area contributed by atoms with Gasteiger partial charge in [-0.05, 0) is 42.3 Å². The Morgan fingerprint density at radius 1 is 1.27 bits per heavy atom. The van der Waals surface area contributed by atoms with E-state index in [2.05, 4.69) is 41.3 Å². The van der Waals surface area contributed by atoms with E-state index >= 15 is 0 Å². The van der Waals surface area contributed by atoms with Crippen molar-refractivity contribution in [1.29, 1.82) is 0 Å². The van der Waals surface area contributed by atoms with Crippen LogP contribution < -0.4 is 10.6 Å². The molecule has 134 valence electrons. The maximum atomic E-state index is 11.2. The summed E-state index contributed by atoms with van der Waals surface area (Å²) in [5.41, 5.74) is 3.86. The van der Waals surface area contributed by atoms with Crippen LogP contribution in [0.3, 0.4) is 0 Å². The molecule has 0 aliphatic heterocycles. The Balaban J connectivity index is 1.82. The molecule has 0 aliphatic rings. The summed E-state index contributed by atoms with van der Waals surface area (Å²) in [6, 6.07) is 9.94. The predicted octanol–water partition coefficient (Wildman–Crippen LogP) is 3.71. The third-order valence-electron chi connectivity index (χ3n) is 4.00. The summed E-state index contributed by atoms with van der Waals surface area (Å²) in [6.45, 7) is 2.74. The molecule has 3 aromatic rings. The van der Waals surface area contributed by atoms with Crippen LogP contribution in [0.2, 0.25) is 0 Å². The molecule has 7 heteroatoms. The molecule has 0 aliphatic carbocycles. The lowest BCUT2D eigenvalue weighted by atomic mass is 10.1. The molecule has 6 nitrogen and oxygen atoms in total. The normalized spacial score (nSPS) is 10.7. The number of anilines is 2. The van der Waals surface area contributed by atoms with Crippen LogP contribution in [0.25, 0.3) is 10.9 Å². The zero-order chi connectivity index (χ0) is 18.5. The number of ether oxygens (including phenoxy) is 1. The van der Waals surface area contributed by atoms with E-state index in [1.807, 2.05) is 37.3 Å². The molecule has 0 saturated heterocycles. The number of nitrogens with one attached hydrogen (secondary N) is 2. The van der Waals surface area contributed by atoms with Crippen molar-refractivity contribution in [2.45, 2.75) is 13.5 Å². The van der Waals surface area contributed by atoms with Crippen molar-refractivity contribution in [3.8, 4) is 0 Å². The average molecular weight is 415 g/mol. The Morgan fingerprint density at radius 2 is 2.12 bits per heavy atom. The lowest BCUT2D eigenvalue weighted by Crippen LogP contribution is -2.23. The molecule has 0 amide bonds. The number of carbonyl (C=O) groups is 1. The molecule has 2 heterocycles. The van der Waals surface area contributed by atoms with E-state index < -0.39 is 0 Å². The van der Waals surface area contributed by atoms with Gasteiger partial charge < -0.3 is 15.4 Å². The van der Waals surface area contributed by atoms with Gasteiger partial charge >= 0.3 is 5.97 Å². The maximum Gasteiger partial charge on any atom is 0.319 e. The fourth-order valence-electron chi connectivity index (χ4n) is 2.55. The first kappa shape index (κ1) is 18.3. The number of hydrogen-bond donors (Lipinski definition) is 2. The molecular weight excluding hydrogens is 396 g/mol. The van der Waals surface area contributed by atoms with Crippen LogP contribution in [-0.2, 0) is 16.1 Å². The smallest absolute Gasteiger partial charge is 0.319 e. The fraction of sp³-hybridized carbons (Fsp3) is 0.211. The molecule has 0 atom stereocenters. The van der Waals surface area contributed by atoms with Gasteiger partial charge in [0.2, 0.25) is 0 Å². The minimum atomic E-state index is -0.293. The first-order chi connectivity index (χ1) is 12.6. The van der Waals surface area contributed by atoms with Gasteiger partial charge in [0, 0.05) is 34.5 Å². The van der Waals surface area contributed by atoms with Gasteiger partial charge in [-0.25, -0.2) is 4.98 Å². The van der Waals surface area contributed by atoms with Crippen molar-refractivity contribution in [1.82, 2.24) is 15.3 Å². The van der Waals surface area contributed by atoms with E-state index in [0.29, 0.717) is 12.4 Å². The van der Waals surface area contributed by atoms with Crippen LogP contribution in [0.1, 0.15) is 11.1 Å². The van der Waals surface area contributed by atoms with Crippen molar-refractivity contribution in [2.24, 2.45) is 0 Å². The van der Waals surface area contributed by atoms with E-state index in [0.717, 1.165) is 32.2 Å². The van der Waals surface area contributed by atoms with E-state index in [9.17, 15) is 4.79 Å². The van der Waals surface area contributed by atoms with Crippen molar-refractivity contribution in [2.75, 3.05) is 19.0 Å². The fourth-order valence-corrected chi connectivity index (χ4v) is 2.91. The van der Waals surface area contributed by atoms with E-state index in [1.54, 1.807) is 12.4 Å². The number of carbonyl (C=O) groups excluding carboxylic acids is 1. The van der Waals surface area contributed by atoms with Gasteiger partial charge in [-0.1, -0.05) is 22.0 Å². The molecule has 26 heavy (non-hydrogen) atoms. The minimum absolute atomic E-state index is 0.167. The number of rotatable bonds is 6. The van der Waals surface area contributed by atoms with E-state index in [1.165, 1.54) is 7.11 Å². The second kappa shape index (κ2) is 8.25. The van der Waals surface area contributed by atoms with Gasteiger partial charge in [-0.2, -0.15) is 0 Å². The number of methoxy groups -OCH3 is 1. The SMILES string of the molecule is COC(=O)CNCc1cnc2c(Nc3cccc(Br)c3C)nccc2c1. The number of fused-ring (bicyclic) bond motifs is 1. The molecule has 3 rings (SSSR count). The van der Waals surface area contributed by atoms with Crippen LogP contribution in [0.4, 0.5) is 11.5 Å². The number of pyridine rings is 2. The second-order valence-corrected chi connectivity index (χ2v) is 6.65. The Hall–Kier alpha value is -2.51. The van der Waals surface area contributed by atoms with Crippen LogP contribution in [-0.4, -0.2) is 29.6 Å². The highest BCUT2D eigenvalue weighted by Crippen LogP contribution is 2.28. The predicted molar refractivity (Wildman–Crippen MR) is 105 cm³/mol. The molecule has 2 aromatic heterocycles.